The number of anilines is 2. The fraction of sp³-hybridized carbons (Fsp3) is 0.167. The minimum absolute atomic E-state index is 0.0400. The maximum absolute atomic E-state index is 13.1. The van der Waals surface area contributed by atoms with Crippen molar-refractivity contribution in [2.45, 2.75) is 6.92 Å². The van der Waals surface area contributed by atoms with Crippen LogP contribution in [0.15, 0.2) is 24.3 Å². The first-order chi connectivity index (χ1) is 8.49. The molecule has 0 atom stereocenters. The van der Waals surface area contributed by atoms with Crippen LogP contribution in [0.5, 0.6) is 0 Å². The summed E-state index contributed by atoms with van der Waals surface area (Å²) in [5.41, 5.74) is 0.666. The van der Waals surface area contributed by atoms with Gasteiger partial charge in [-0.25, -0.2) is 14.2 Å². The van der Waals surface area contributed by atoms with Crippen LogP contribution in [0.1, 0.15) is 15.4 Å². The number of aromatic nitrogens is 1. The molecule has 1 aromatic carbocycles. The SMILES string of the molecule is Cc1sc(N(C)c2cccc(F)c2)nc1C(=O)O. The summed E-state index contributed by atoms with van der Waals surface area (Å²) in [5.74, 6) is -1.39. The second-order valence-electron chi connectivity index (χ2n) is 3.75. The Balaban J connectivity index is 2.37. The number of carboxylic acids is 1. The number of carboxylic acid groups (broad SMARTS) is 1. The Morgan fingerprint density at radius 3 is 2.78 bits per heavy atom. The molecule has 1 N–H and O–H groups in total. The molecule has 0 spiro atoms. The van der Waals surface area contributed by atoms with Gasteiger partial charge in [-0.3, -0.25) is 0 Å². The lowest BCUT2D eigenvalue weighted by molar-refractivity contribution is 0.0690. The summed E-state index contributed by atoms with van der Waals surface area (Å²) >= 11 is 1.26. The highest BCUT2D eigenvalue weighted by atomic mass is 32.1. The summed E-state index contributed by atoms with van der Waals surface area (Å²) in [5, 5.41) is 9.46. The third kappa shape index (κ3) is 2.33. The van der Waals surface area contributed by atoms with Gasteiger partial charge in [0.05, 0.1) is 0 Å². The Kier molecular flexibility index (Phi) is 3.29. The lowest BCUT2D eigenvalue weighted by Gasteiger charge is -2.15. The van der Waals surface area contributed by atoms with Crippen molar-refractivity contribution in [2.75, 3.05) is 11.9 Å². The van der Waals surface area contributed by atoms with E-state index < -0.39 is 5.97 Å². The number of aromatic carboxylic acids is 1. The normalized spacial score (nSPS) is 10.4. The van der Waals surface area contributed by atoms with Crippen molar-refractivity contribution >= 4 is 28.1 Å². The second kappa shape index (κ2) is 4.73. The molecule has 18 heavy (non-hydrogen) atoms. The van der Waals surface area contributed by atoms with Gasteiger partial charge in [0.15, 0.2) is 10.8 Å². The summed E-state index contributed by atoms with van der Waals surface area (Å²) in [6, 6.07) is 6.06. The lowest BCUT2D eigenvalue weighted by atomic mass is 10.3. The van der Waals surface area contributed by atoms with Crippen LogP contribution in [0.4, 0.5) is 15.2 Å². The van der Waals surface area contributed by atoms with E-state index in [1.807, 2.05) is 0 Å². The van der Waals surface area contributed by atoms with E-state index in [2.05, 4.69) is 4.98 Å². The predicted molar refractivity (Wildman–Crippen MR) is 68.3 cm³/mol. The average molecular weight is 266 g/mol. The first kappa shape index (κ1) is 12.5. The third-order valence-electron chi connectivity index (χ3n) is 2.47. The van der Waals surface area contributed by atoms with Gasteiger partial charge < -0.3 is 10.0 Å². The van der Waals surface area contributed by atoms with E-state index in [1.54, 1.807) is 31.0 Å². The van der Waals surface area contributed by atoms with Gasteiger partial charge in [0, 0.05) is 17.6 Å². The summed E-state index contributed by atoms with van der Waals surface area (Å²) in [4.78, 5) is 17.2. The van der Waals surface area contributed by atoms with Crippen LogP contribution in [0.3, 0.4) is 0 Å². The van der Waals surface area contributed by atoms with Crippen LogP contribution >= 0.6 is 11.3 Å². The summed E-state index contributed by atoms with van der Waals surface area (Å²) in [6.45, 7) is 1.70. The molecule has 0 aliphatic carbocycles. The molecule has 2 aromatic rings. The van der Waals surface area contributed by atoms with E-state index in [4.69, 9.17) is 5.11 Å². The Morgan fingerprint density at radius 2 is 2.22 bits per heavy atom. The van der Waals surface area contributed by atoms with Crippen molar-refractivity contribution < 1.29 is 14.3 Å². The van der Waals surface area contributed by atoms with Gasteiger partial charge in [0.2, 0.25) is 0 Å². The zero-order valence-corrected chi connectivity index (χ0v) is 10.7. The van der Waals surface area contributed by atoms with Crippen molar-refractivity contribution in [1.29, 1.82) is 0 Å². The first-order valence-electron chi connectivity index (χ1n) is 5.19. The number of hydrogen-bond acceptors (Lipinski definition) is 4. The van der Waals surface area contributed by atoms with E-state index >= 15 is 0 Å². The predicted octanol–water partition coefficient (Wildman–Crippen LogP) is 3.06. The Bertz CT molecular complexity index is 598. The molecule has 94 valence electrons. The van der Waals surface area contributed by atoms with Gasteiger partial charge in [-0.15, -0.1) is 11.3 Å². The molecule has 0 aliphatic rings. The van der Waals surface area contributed by atoms with Gasteiger partial charge in [0.1, 0.15) is 5.82 Å². The number of nitrogens with zero attached hydrogens (tertiary/aromatic N) is 2. The number of benzene rings is 1. The van der Waals surface area contributed by atoms with Gasteiger partial charge in [-0.05, 0) is 25.1 Å². The molecular weight excluding hydrogens is 255 g/mol. The molecule has 0 bridgehead atoms. The molecule has 6 heteroatoms. The van der Waals surface area contributed by atoms with Crippen molar-refractivity contribution in [1.82, 2.24) is 4.98 Å². The van der Waals surface area contributed by atoms with Crippen LogP contribution in [-0.4, -0.2) is 23.1 Å². The third-order valence-corrected chi connectivity index (χ3v) is 3.52. The Hall–Kier alpha value is -1.95. The highest BCUT2D eigenvalue weighted by Gasteiger charge is 2.17. The van der Waals surface area contributed by atoms with Crippen LogP contribution < -0.4 is 4.90 Å². The van der Waals surface area contributed by atoms with E-state index in [-0.39, 0.29) is 11.5 Å². The Labute approximate surface area is 107 Å². The topological polar surface area (TPSA) is 53.4 Å². The highest BCUT2D eigenvalue weighted by molar-refractivity contribution is 7.15. The van der Waals surface area contributed by atoms with E-state index in [0.29, 0.717) is 15.7 Å². The molecule has 4 nitrogen and oxygen atoms in total. The minimum atomic E-state index is -1.05. The molecule has 0 unspecified atom stereocenters. The van der Waals surface area contributed by atoms with E-state index in [0.717, 1.165) is 0 Å². The highest BCUT2D eigenvalue weighted by Crippen LogP contribution is 2.30. The molecule has 0 saturated heterocycles. The van der Waals surface area contributed by atoms with Gasteiger partial charge in [-0.1, -0.05) is 6.07 Å². The zero-order chi connectivity index (χ0) is 13.3. The quantitative estimate of drug-likeness (QED) is 0.927. The smallest absolute Gasteiger partial charge is 0.355 e. The number of aryl methyl sites for hydroxylation is 1. The standard InChI is InChI=1S/C12H11FN2O2S/c1-7-10(11(16)17)14-12(18-7)15(2)9-5-3-4-8(13)6-9/h3-6H,1-2H3,(H,16,17). The number of rotatable bonds is 3. The van der Waals surface area contributed by atoms with Gasteiger partial charge in [0.25, 0.3) is 0 Å². The number of halogens is 1. The molecule has 0 saturated carbocycles. The number of thiazole rings is 1. The zero-order valence-electron chi connectivity index (χ0n) is 9.85. The van der Waals surface area contributed by atoms with Crippen molar-refractivity contribution in [2.24, 2.45) is 0 Å². The van der Waals surface area contributed by atoms with Crippen LogP contribution in [0, 0.1) is 12.7 Å². The number of carbonyl (C=O) groups is 1. The maximum Gasteiger partial charge on any atom is 0.355 e. The van der Waals surface area contributed by atoms with Crippen molar-refractivity contribution in [3.05, 3.63) is 40.7 Å². The first-order valence-corrected chi connectivity index (χ1v) is 6.00. The van der Waals surface area contributed by atoms with Crippen LogP contribution in [-0.2, 0) is 0 Å². The summed E-state index contributed by atoms with van der Waals surface area (Å²) < 4.78 is 13.1. The van der Waals surface area contributed by atoms with Gasteiger partial charge >= 0.3 is 5.97 Å². The van der Waals surface area contributed by atoms with Crippen LogP contribution in [0.25, 0.3) is 0 Å². The fourth-order valence-electron chi connectivity index (χ4n) is 1.52. The molecule has 2 rings (SSSR count). The molecule has 0 radical (unpaired) electrons. The largest absolute Gasteiger partial charge is 0.476 e. The monoisotopic (exact) mass is 266 g/mol. The molecule has 0 amide bonds. The Morgan fingerprint density at radius 1 is 1.50 bits per heavy atom. The molecular formula is C12H11FN2O2S. The fourth-order valence-corrected chi connectivity index (χ4v) is 2.40. The van der Waals surface area contributed by atoms with E-state index in [9.17, 15) is 9.18 Å². The number of hydrogen-bond donors (Lipinski definition) is 1. The minimum Gasteiger partial charge on any atom is -0.476 e. The molecule has 0 fully saturated rings. The summed E-state index contributed by atoms with van der Waals surface area (Å²) in [7, 11) is 1.72. The van der Waals surface area contributed by atoms with Crippen LogP contribution in [0.2, 0.25) is 0 Å². The maximum atomic E-state index is 13.1. The summed E-state index contributed by atoms with van der Waals surface area (Å²) in [6.07, 6.45) is 0. The molecule has 1 aromatic heterocycles. The molecule has 1 heterocycles. The molecule has 0 aliphatic heterocycles. The van der Waals surface area contributed by atoms with E-state index in [1.165, 1.54) is 23.5 Å². The van der Waals surface area contributed by atoms with Crippen molar-refractivity contribution in [3.8, 4) is 0 Å². The average Bonchev–Trinajstić information content (AvgIpc) is 2.70. The second-order valence-corrected chi connectivity index (χ2v) is 4.93. The van der Waals surface area contributed by atoms with Gasteiger partial charge in [-0.2, -0.15) is 0 Å². The lowest BCUT2D eigenvalue weighted by Crippen LogP contribution is -2.10. The van der Waals surface area contributed by atoms with Crippen molar-refractivity contribution in [3.63, 3.8) is 0 Å².